The summed E-state index contributed by atoms with van der Waals surface area (Å²) in [5.41, 5.74) is 0. The number of rotatable bonds is 1. The molecule has 0 amide bonds. The van der Waals surface area contributed by atoms with Crippen LogP contribution in [-0.2, 0) is 10.1 Å². The van der Waals surface area contributed by atoms with Crippen molar-refractivity contribution in [2.45, 2.75) is 4.90 Å². The van der Waals surface area contributed by atoms with Crippen LogP contribution >= 0.6 is 0 Å². The Labute approximate surface area is 143 Å². The SMILES string of the molecule is O=S(=O)([O-])c1cc2ccccc2cc1[O-].[Na+].[Na+]. The zero-order valence-corrected chi connectivity index (χ0v) is 14.3. The molecule has 0 N–H and O–H groups in total. The maximum absolute atomic E-state index is 11.3. The summed E-state index contributed by atoms with van der Waals surface area (Å²) >= 11 is 0. The Kier molecular flexibility index (Phi) is 6.70. The van der Waals surface area contributed by atoms with Gasteiger partial charge in [0.25, 0.3) is 0 Å². The number of fused-ring (bicyclic) bond motifs is 1. The zero-order chi connectivity index (χ0) is 11.1. The van der Waals surface area contributed by atoms with Crippen molar-refractivity contribution in [3.63, 3.8) is 0 Å². The van der Waals surface area contributed by atoms with Crippen LogP contribution in [0.2, 0.25) is 0 Å². The van der Waals surface area contributed by atoms with E-state index in [0.29, 0.717) is 10.8 Å². The van der Waals surface area contributed by atoms with Gasteiger partial charge in [-0.1, -0.05) is 36.1 Å². The van der Waals surface area contributed by atoms with E-state index in [4.69, 9.17) is 0 Å². The van der Waals surface area contributed by atoms with Gasteiger partial charge in [-0.25, -0.2) is 8.42 Å². The molecule has 17 heavy (non-hydrogen) atoms. The van der Waals surface area contributed by atoms with Crippen molar-refractivity contribution in [1.29, 1.82) is 0 Å². The maximum Gasteiger partial charge on any atom is 1.00 e. The van der Waals surface area contributed by atoms with Crippen molar-refractivity contribution in [3.8, 4) is 5.75 Å². The van der Waals surface area contributed by atoms with Crippen LogP contribution in [0.25, 0.3) is 10.8 Å². The van der Waals surface area contributed by atoms with Gasteiger partial charge < -0.3 is 9.66 Å². The third-order valence-corrected chi connectivity index (χ3v) is 2.94. The first-order valence-corrected chi connectivity index (χ1v) is 5.55. The maximum atomic E-state index is 11.3. The van der Waals surface area contributed by atoms with Crippen molar-refractivity contribution in [2.24, 2.45) is 0 Å². The van der Waals surface area contributed by atoms with E-state index in [-0.39, 0.29) is 59.1 Å². The molecule has 0 saturated heterocycles. The molecule has 0 fully saturated rings. The molecular formula is C10H6Na2O4S. The zero-order valence-electron chi connectivity index (χ0n) is 9.51. The van der Waals surface area contributed by atoms with E-state index in [1.54, 1.807) is 24.3 Å². The standard InChI is InChI=1S/C10H8O4S.2Na/c11-9-5-7-3-1-2-4-8(7)6-10(9)15(12,13)14;;/h1-6,11H,(H,12,13,14);;/q;2*+1/p-2. The molecule has 0 radical (unpaired) electrons. The molecule has 4 nitrogen and oxygen atoms in total. The molecule has 0 aliphatic carbocycles. The second-order valence-electron chi connectivity index (χ2n) is 3.10. The van der Waals surface area contributed by atoms with Gasteiger partial charge in [0.1, 0.15) is 10.1 Å². The van der Waals surface area contributed by atoms with Gasteiger partial charge in [0.05, 0.1) is 0 Å². The van der Waals surface area contributed by atoms with Gasteiger partial charge in [-0.2, -0.15) is 0 Å². The molecule has 0 bridgehead atoms. The second-order valence-corrected chi connectivity index (χ2v) is 4.45. The van der Waals surface area contributed by atoms with Crippen molar-refractivity contribution in [1.82, 2.24) is 0 Å². The minimum atomic E-state index is -4.69. The molecule has 2 rings (SSSR count). The van der Waals surface area contributed by atoms with Crippen LogP contribution < -0.4 is 64.2 Å². The van der Waals surface area contributed by atoms with E-state index >= 15 is 0 Å². The van der Waals surface area contributed by atoms with Gasteiger partial charge in [-0.15, -0.1) is 0 Å². The van der Waals surface area contributed by atoms with Crippen LogP contribution in [0.4, 0.5) is 0 Å². The summed E-state index contributed by atoms with van der Waals surface area (Å²) in [6, 6.07) is 9.02. The van der Waals surface area contributed by atoms with Crippen LogP contribution in [-0.4, -0.2) is 13.0 Å². The minimum Gasteiger partial charge on any atom is -0.872 e. The van der Waals surface area contributed by atoms with Gasteiger partial charge >= 0.3 is 59.1 Å². The Morgan fingerprint density at radius 2 is 1.41 bits per heavy atom. The molecule has 78 valence electrons. The third kappa shape index (κ3) is 3.94. The molecule has 2 aromatic rings. The van der Waals surface area contributed by atoms with E-state index in [1.807, 2.05) is 0 Å². The molecule has 2 aromatic carbocycles. The van der Waals surface area contributed by atoms with Crippen LogP contribution in [0.1, 0.15) is 0 Å². The molecule has 0 aliphatic heterocycles. The number of hydrogen-bond acceptors (Lipinski definition) is 4. The topological polar surface area (TPSA) is 80.3 Å². The predicted molar refractivity (Wildman–Crippen MR) is 51.4 cm³/mol. The quantitative estimate of drug-likeness (QED) is 0.382. The van der Waals surface area contributed by atoms with E-state index in [0.717, 1.165) is 12.1 Å². The van der Waals surface area contributed by atoms with Gasteiger partial charge in [-0.3, -0.25) is 0 Å². The van der Waals surface area contributed by atoms with Gasteiger partial charge in [0.15, 0.2) is 0 Å². The van der Waals surface area contributed by atoms with E-state index in [9.17, 15) is 18.1 Å². The molecule has 0 saturated carbocycles. The summed E-state index contributed by atoms with van der Waals surface area (Å²) in [6.07, 6.45) is 0. The summed E-state index contributed by atoms with van der Waals surface area (Å²) in [6.45, 7) is 0. The average Bonchev–Trinajstić information content (AvgIpc) is 2.15. The number of hydrogen-bond donors (Lipinski definition) is 0. The van der Waals surface area contributed by atoms with Crippen molar-refractivity contribution >= 4 is 20.9 Å². The molecular weight excluding hydrogens is 262 g/mol. The van der Waals surface area contributed by atoms with E-state index < -0.39 is 20.8 Å². The fraction of sp³-hybridized carbons (Fsp3) is 0. The summed E-state index contributed by atoms with van der Waals surface area (Å²) in [5, 5.41) is 12.5. The molecule has 0 heterocycles. The summed E-state index contributed by atoms with van der Waals surface area (Å²) in [4.78, 5) is -0.693. The van der Waals surface area contributed by atoms with Gasteiger partial charge in [0, 0.05) is 4.90 Å². The molecule has 0 spiro atoms. The molecule has 0 aliphatic rings. The van der Waals surface area contributed by atoms with Crippen molar-refractivity contribution in [3.05, 3.63) is 36.4 Å². The Balaban J connectivity index is 0.00000128. The van der Waals surface area contributed by atoms with Gasteiger partial charge in [0.2, 0.25) is 0 Å². The Hall–Kier alpha value is 0.410. The van der Waals surface area contributed by atoms with E-state index in [2.05, 4.69) is 0 Å². The third-order valence-electron chi connectivity index (χ3n) is 2.08. The summed E-state index contributed by atoms with van der Waals surface area (Å²) in [7, 11) is -4.69. The van der Waals surface area contributed by atoms with Crippen LogP contribution in [0.5, 0.6) is 5.75 Å². The summed E-state index contributed by atoms with van der Waals surface area (Å²) in [5.74, 6) is -0.760. The molecule has 0 aromatic heterocycles. The summed E-state index contributed by atoms with van der Waals surface area (Å²) < 4.78 is 32.2. The largest absolute Gasteiger partial charge is 1.00 e. The fourth-order valence-corrected chi connectivity index (χ4v) is 1.97. The first-order chi connectivity index (χ1) is 6.98. The first-order valence-electron chi connectivity index (χ1n) is 4.14. The smallest absolute Gasteiger partial charge is 0.872 e. The first kappa shape index (κ1) is 17.4. The van der Waals surface area contributed by atoms with Crippen LogP contribution in [0.3, 0.4) is 0 Å². The van der Waals surface area contributed by atoms with Crippen molar-refractivity contribution in [2.75, 3.05) is 0 Å². The van der Waals surface area contributed by atoms with E-state index in [1.165, 1.54) is 0 Å². The van der Waals surface area contributed by atoms with Crippen molar-refractivity contribution < 1.29 is 77.2 Å². The molecule has 0 unspecified atom stereocenters. The molecule has 7 heteroatoms. The Morgan fingerprint density at radius 1 is 0.941 bits per heavy atom. The fourth-order valence-electron chi connectivity index (χ4n) is 1.39. The Morgan fingerprint density at radius 3 is 1.88 bits per heavy atom. The Bertz CT molecular complexity index is 625. The monoisotopic (exact) mass is 268 g/mol. The van der Waals surface area contributed by atoms with Crippen LogP contribution in [0, 0.1) is 0 Å². The average molecular weight is 268 g/mol. The minimum absolute atomic E-state index is 0. The van der Waals surface area contributed by atoms with Crippen LogP contribution in [0.15, 0.2) is 41.3 Å². The number of benzene rings is 2. The second kappa shape index (κ2) is 6.54. The normalized spacial score (nSPS) is 10.4. The molecule has 0 atom stereocenters. The predicted octanol–water partition coefficient (Wildman–Crippen LogP) is -5.17. The van der Waals surface area contributed by atoms with Gasteiger partial charge in [-0.05, 0) is 16.8 Å².